The lowest BCUT2D eigenvalue weighted by molar-refractivity contribution is -0.146. The lowest BCUT2D eigenvalue weighted by Gasteiger charge is -2.31. The minimum atomic E-state index is -2.15. The zero-order valence-corrected chi connectivity index (χ0v) is 45.8. The third kappa shape index (κ3) is 11.0. The van der Waals surface area contributed by atoms with Crippen molar-refractivity contribution in [2.75, 3.05) is 7.11 Å². The van der Waals surface area contributed by atoms with Crippen molar-refractivity contribution >= 4 is 64.6 Å². The van der Waals surface area contributed by atoms with Gasteiger partial charge in [-0.15, -0.1) is 0 Å². The summed E-state index contributed by atoms with van der Waals surface area (Å²) in [5, 5.41) is 95.0. The number of aliphatic hydroxyl groups is 1. The van der Waals surface area contributed by atoms with Gasteiger partial charge in [0, 0.05) is 35.2 Å². The molecular weight excluding hydrogens is 1170 g/mol. The van der Waals surface area contributed by atoms with Gasteiger partial charge in [0.2, 0.25) is 41.2 Å². The number of carbonyl (C=O) groups is 7. The number of nitrogens with one attached hydrogen (secondary N) is 6. The quantitative estimate of drug-likeness (QED) is 0.0954. The van der Waals surface area contributed by atoms with Gasteiger partial charge in [-0.05, 0) is 112 Å². The van der Waals surface area contributed by atoms with E-state index in [4.69, 9.17) is 47.9 Å². The number of phenols is 6. The van der Waals surface area contributed by atoms with Crippen molar-refractivity contribution < 1.29 is 88.3 Å². The molecule has 0 aliphatic carbocycles. The summed E-state index contributed by atoms with van der Waals surface area (Å²) in [5.74, 6) is -13.9. The van der Waals surface area contributed by atoms with E-state index in [0.29, 0.717) is 5.56 Å². The number of nitrogens with two attached hydrogens (primary N) is 1. The van der Waals surface area contributed by atoms with Crippen LogP contribution in [0.1, 0.15) is 75.3 Å². The van der Waals surface area contributed by atoms with Crippen molar-refractivity contribution in [1.82, 2.24) is 31.9 Å². The number of phenolic OH excluding ortho intramolecular Hbond substituents is 6. The Kier molecular flexibility index (Phi) is 15.1. The SMILES string of the molecule is COC(=O)[C@@H]1NC(=O)[C@H]2NC(=O)[C@H](NC(=O)[C@@H]3NC(=O)[C@H]4NC(=O)[C@@H](Cc5ccc(c(Cl)c5)Oc5cc3cc(c5O)Oc3ccc(cc3Cl)[C@H]2O)NC(=O)[C@H](N)c2ccc(O)c(c2)Oc2cc(O)cc4c2)c2ccc(O)c(c2)-c2c(O)cc(O)cc21. The number of aromatic hydroxyl groups is 6. The van der Waals surface area contributed by atoms with E-state index in [9.17, 15) is 54.9 Å². The fraction of sp³-hybridized carbons (Fsp3) is 0.169. The fourth-order valence-corrected chi connectivity index (χ4v) is 10.8. The summed E-state index contributed by atoms with van der Waals surface area (Å²) < 4.78 is 23.5. The molecule has 440 valence electrons. The molecule has 0 aromatic heterocycles. The first-order valence-electron chi connectivity index (χ1n) is 25.9. The molecule has 6 amide bonds. The Morgan fingerprint density at radius 2 is 1.10 bits per heavy atom. The number of hydrogen-bond acceptors (Lipinski definition) is 19. The first-order valence-corrected chi connectivity index (χ1v) is 26.7. The van der Waals surface area contributed by atoms with E-state index in [0.717, 1.165) is 67.8 Å². The van der Waals surface area contributed by atoms with Crippen LogP contribution in [0, 0.1) is 0 Å². The zero-order valence-electron chi connectivity index (χ0n) is 44.3. The van der Waals surface area contributed by atoms with Gasteiger partial charge in [0.15, 0.2) is 29.0 Å². The average molecular weight is 1210 g/mol. The van der Waals surface area contributed by atoms with Gasteiger partial charge >= 0.3 is 5.97 Å². The number of rotatable bonds is 1. The summed E-state index contributed by atoms with van der Waals surface area (Å²) in [6.07, 6.45) is -2.42. The predicted octanol–water partition coefficient (Wildman–Crippen LogP) is 5.07. The normalized spacial score (nSPS) is 21.9. The van der Waals surface area contributed by atoms with Crippen LogP contribution in [0.5, 0.6) is 69.0 Å². The summed E-state index contributed by atoms with van der Waals surface area (Å²) >= 11 is 13.7. The largest absolute Gasteiger partial charge is 0.508 e. The van der Waals surface area contributed by atoms with Crippen molar-refractivity contribution in [2.45, 2.75) is 54.8 Å². The molecule has 0 radical (unpaired) electrons. The number of fused-ring (bicyclic) bond motifs is 14. The Balaban J connectivity index is 1.14. The smallest absolute Gasteiger partial charge is 0.333 e. The van der Waals surface area contributed by atoms with Crippen molar-refractivity contribution in [3.05, 3.63) is 164 Å². The highest BCUT2D eigenvalue weighted by Crippen LogP contribution is 2.48. The van der Waals surface area contributed by atoms with Gasteiger partial charge in [-0.25, -0.2) is 4.79 Å². The van der Waals surface area contributed by atoms with Crippen LogP contribution in [-0.2, 0) is 44.7 Å². The molecule has 86 heavy (non-hydrogen) atoms. The molecule has 8 atom stereocenters. The monoisotopic (exact) mass is 1210 g/mol. The molecule has 7 aromatic carbocycles. The molecule has 25 nitrogen and oxygen atoms in total. The van der Waals surface area contributed by atoms with Crippen LogP contribution in [0.2, 0.25) is 10.0 Å². The third-order valence-electron chi connectivity index (χ3n) is 14.6. The summed E-state index contributed by atoms with van der Waals surface area (Å²) in [7, 11) is 0.966. The number of esters is 1. The van der Waals surface area contributed by atoms with Crippen molar-refractivity contribution in [1.29, 1.82) is 0 Å². The molecule has 6 heterocycles. The lowest BCUT2D eigenvalue weighted by Crippen LogP contribution is -2.55. The van der Waals surface area contributed by atoms with Crippen LogP contribution in [-0.4, -0.2) is 96.4 Å². The van der Waals surface area contributed by atoms with E-state index in [1.54, 1.807) is 0 Å². The van der Waals surface area contributed by atoms with Crippen LogP contribution in [0.4, 0.5) is 0 Å². The molecule has 0 unspecified atom stereocenters. The number of aliphatic hydroxyl groups excluding tert-OH is 1. The molecule has 15 N–H and O–H groups in total. The highest BCUT2D eigenvalue weighted by atomic mass is 35.5. The van der Waals surface area contributed by atoms with Crippen molar-refractivity contribution in [3.8, 4) is 80.1 Å². The third-order valence-corrected chi connectivity index (χ3v) is 15.2. The summed E-state index contributed by atoms with van der Waals surface area (Å²) in [6.45, 7) is 0. The Hall–Kier alpha value is -10.5. The van der Waals surface area contributed by atoms with Gasteiger partial charge in [0.25, 0.3) is 0 Å². The zero-order chi connectivity index (χ0) is 61.2. The highest BCUT2D eigenvalue weighted by molar-refractivity contribution is 6.32. The Labute approximate surface area is 494 Å². The van der Waals surface area contributed by atoms with Crippen molar-refractivity contribution in [2.24, 2.45) is 5.73 Å². The molecule has 0 fully saturated rings. The Morgan fingerprint density at radius 3 is 1.78 bits per heavy atom. The van der Waals surface area contributed by atoms with E-state index < -0.39 is 141 Å². The van der Waals surface area contributed by atoms with Gasteiger partial charge in [0.1, 0.15) is 82.6 Å². The Bertz CT molecular complexity index is 4050. The van der Waals surface area contributed by atoms with Crippen LogP contribution in [0.15, 0.2) is 115 Å². The molecule has 17 bridgehead atoms. The van der Waals surface area contributed by atoms with E-state index in [1.807, 2.05) is 0 Å². The maximum Gasteiger partial charge on any atom is 0.333 e. The van der Waals surface area contributed by atoms with Crippen LogP contribution in [0.3, 0.4) is 0 Å². The van der Waals surface area contributed by atoms with Gasteiger partial charge in [-0.3, -0.25) is 28.8 Å². The molecule has 6 aliphatic heterocycles. The Morgan fingerprint density at radius 1 is 0.523 bits per heavy atom. The average Bonchev–Trinajstić information content (AvgIpc) is 2.09. The lowest BCUT2D eigenvalue weighted by atomic mass is 9.89. The number of amides is 6. The van der Waals surface area contributed by atoms with E-state index in [2.05, 4.69) is 31.9 Å². The maximum atomic E-state index is 15.7. The number of benzene rings is 7. The molecular formula is C59H47Cl2N7O18. The number of halogens is 2. The minimum absolute atomic E-state index is 0.121. The van der Waals surface area contributed by atoms with Gasteiger partial charge in [0.05, 0.1) is 17.2 Å². The second-order valence-corrected chi connectivity index (χ2v) is 21.1. The van der Waals surface area contributed by atoms with Crippen LogP contribution >= 0.6 is 23.2 Å². The highest BCUT2D eigenvalue weighted by Gasteiger charge is 2.41. The van der Waals surface area contributed by atoms with E-state index in [1.165, 1.54) is 54.6 Å². The molecule has 0 spiro atoms. The molecule has 6 aliphatic rings. The summed E-state index contributed by atoms with van der Waals surface area (Å²) in [4.78, 5) is 104. The summed E-state index contributed by atoms with van der Waals surface area (Å²) in [6, 6.07) is 8.94. The minimum Gasteiger partial charge on any atom is -0.508 e. The second-order valence-electron chi connectivity index (χ2n) is 20.3. The van der Waals surface area contributed by atoms with E-state index in [-0.39, 0.29) is 78.4 Å². The number of carbonyl (C=O) groups excluding carboxylic acids is 7. The van der Waals surface area contributed by atoms with E-state index >= 15 is 14.4 Å². The fourth-order valence-electron chi connectivity index (χ4n) is 10.3. The van der Waals surface area contributed by atoms with Gasteiger partial charge < -0.3 is 92.3 Å². The number of ether oxygens (including phenoxy) is 4. The van der Waals surface area contributed by atoms with Gasteiger partial charge in [-0.1, -0.05) is 47.5 Å². The maximum absolute atomic E-state index is 15.7. The van der Waals surface area contributed by atoms with Crippen LogP contribution in [0.25, 0.3) is 11.1 Å². The molecule has 27 heteroatoms. The number of hydrogen-bond donors (Lipinski definition) is 14. The summed E-state index contributed by atoms with van der Waals surface area (Å²) in [5.41, 5.74) is 4.82. The standard InChI is InChI=1S/C59H47Cl2N7O18/c1-83-59(82)49-32-20-29(70)21-38(73)44(32)31-14-24(4-6-36(31)71)46-55(78)68-50(58(81)67-49)51(74)25-5-9-40(34(61)15-25)86-43-18-27-17-42(52(43)75)85-39-8-2-22(10-33(39)60)11-35-53(76)64-47(56(79)66-48(27)57(80)65-46)26-12-28(69)19-30(13-26)84-41-16-23(3-7-37(41)72)45(62)54(77)63-35/h2-10,12-21,35,45-51,69-75H,11,62H2,1H3,(H,63,77)(H,64,76)(H,65,80)(H,66,79)(H,67,81)(H,68,78)/t35-,45-,46-,47+,48-,49-,50+,51-/m1/s1. The first kappa shape index (κ1) is 57.4. The molecule has 13 rings (SSSR count). The molecule has 0 saturated carbocycles. The van der Waals surface area contributed by atoms with Gasteiger partial charge in [-0.2, -0.15) is 0 Å². The van der Waals surface area contributed by atoms with Crippen LogP contribution < -0.4 is 51.8 Å². The first-order chi connectivity index (χ1) is 41.0. The van der Waals surface area contributed by atoms with Crippen molar-refractivity contribution in [3.63, 3.8) is 0 Å². The molecule has 7 aromatic rings. The second kappa shape index (κ2) is 22.6. The molecule has 0 saturated heterocycles. The predicted molar refractivity (Wildman–Crippen MR) is 299 cm³/mol. The number of methoxy groups -OCH3 is 1. The topological polar surface area (TPSA) is 396 Å².